The zero-order valence-electron chi connectivity index (χ0n) is 16.3. The van der Waals surface area contributed by atoms with Gasteiger partial charge in [-0.2, -0.15) is 0 Å². The lowest BCUT2D eigenvalue weighted by molar-refractivity contribution is -0.696. The van der Waals surface area contributed by atoms with Gasteiger partial charge in [-0.25, -0.2) is 13.9 Å². The van der Waals surface area contributed by atoms with Gasteiger partial charge in [-0.1, -0.05) is 37.3 Å². The van der Waals surface area contributed by atoms with Gasteiger partial charge in [-0.15, -0.1) is 0 Å². The van der Waals surface area contributed by atoms with Gasteiger partial charge < -0.3 is 10.1 Å². The Hall–Kier alpha value is -2.56. The molecule has 0 fully saturated rings. The van der Waals surface area contributed by atoms with Crippen molar-refractivity contribution >= 4 is 11.7 Å². The van der Waals surface area contributed by atoms with Gasteiger partial charge in [0.2, 0.25) is 6.33 Å². The van der Waals surface area contributed by atoms with Crippen LogP contribution in [-0.2, 0) is 23.4 Å². The largest absolute Gasteiger partial charge is 0.445 e. The van der Waals surface area contributed by atoms with Gasteiger partial charge in [0.25, 0.3) is 0 Å². The number of nitrogens with zero attached hydrogens (tertiary/aromatic N) is 2. The molecule has 0 atom stereocenters. The summed E-state index contributed by atoms with van der Waals surface area (Å²) in [5.41, 5.74) is 2.55. The van der Waals surface area contributed by atoms with E-state index < -0.39 is 11.6 Å². The Balaban J connectivity index is 1.87. The third kappa shape index (κ3) is 5.48. The summed E-state index contributed by atoms with van der Waals surface area (Å²) in [6.45, 7) is 14.0. The molecule has 0 aliphatic heterocycles. The first-order valence-corrected chi connectivity index (χ1v) is 9.08. The molecular weight excluding hydrogens is 326 g/mol. The van der Waals surface area contributed by atoms with Gasteiger partial charge in [-0.05, 0) is 44.4 Å². The summed E-state index contributed by atoms with van der Waals surface area (Å²) < 4.78 is 9.49. The number of imidazole rings is 1. The maximum absolute atomic E-state index is 12.2. The van der Waals surface area contributed by atoms with Crippen molar-refractivity contribution in [1.82, 2.24) is 9.88 Å². The topological polar surface area (TPSA) is 47.1 Å². The van der Waals surface area contributed by atoms with Crippen LogP contribution in [0, 0.1) is 0 Å². The molecule has 0 radical (unpaired) electrons. The van der Waals surface area contributed by atoms with Crippen LogP contribution in [0.15, 0.2) is 49.6 Å². The summed E-state index contributed by atoms with van der Waals surface area (Å²) in [4.78, 5) is 12.2. The van der Waals surface area contributed by atoms with Crippen molar-refractivity contribution in [3.8, 4) is 0 Å². The number of aryl methyl sites for hydroxylation is 1. The normalized spacial score (nSPS) is 11.2. The van der Waals surface area contributed by atoms with Crippen molar-refractivity contribution in [3.05, 3.63) is 60.7 Å². The van der Waals surface area contributed by atoms with Crippen LogP contribution in [0.4, 0.5) is 4.79 Å². The van der Waals surface area contributed by atoms with Gasteiger partial charge >= 0.3 is 6.09 Å². The van der Waals surface area contributed by atoms with Crippen LogP contribution in [-0.4, -0.2) is 17.3 Å². The SMILES string of the molecule is C=C(C)c1cccc(C(C)(C)NC(=O)OCCn2cc[n+](CCC)c2)c1. The summed E-state index contributed by atoms with van der Waals surface area (Å²) in [5.74, 6) is 0. The number of hydrogen-bond donors (Lipinski definition) is 1. The summed E-state index contributed by atoms with van der Waals surface area (Å²) in [6, 6.07) is 8.04. The number of nitrogens with one attached hydrogen (secondary N) is 1. The Morgan fingerprint density at radius 1 is 1.38 bits per heavy atom. The fourth-order valence-electron chi connectivity index (χ4n) is 2.74. The summed E-state index contributed by atoms with van der Waals surface area (Å²) in [6.07, 6.45) is 6.72. The minimum Gasteiger partial charge on any atom is -0.445 e. The molecule has 0 unspecified atom stereocenters. The fourth-order valence-corrected chi connectivity index (χ4v) is 2.74. The second-order valence-corrected chi connectivity index (χ2v) is 7.14. The van der Waals surface area contributed by atoms with Crippen molar-refractivity contribution < 1.29 is 14.1 Å². The molecule has 5 heteroatoms. The van der Waals surface area contributed by atoms with E-state index in [0.29, 0.717) is 13.2 Å². The lowest BCUT2D eigenvalue weighted by Crippen LogP contribution is -2.41. The minimum atomic E-state index is -0.528. The Kier molecular flexibility index (Phi) is 6.61. The van der Waals surface area contributed by atoms with Crippen LogP contribution in [0.25, 0.3) is 5.57 Å². The number of rotatable bonds is 8. The van der Waals surface area contributed by atoms with E-state index in [-0.39, 0.29) is 0 Å². The summed E-state index contributed by atoms with van der Waals surface area (Å²) in [7, 11) is 0. The lowest BCUT2D eigenvalue weighted by atomic mass is 9.92. The van der Waals surface area contributed by atoms with Gasteiger partial charge in [0.15, 0.2) is 0 Å². The molecule has 2 rings (SSSR count). The summed E-state index contributed by atoms with van der Waals surface area (Å²) >= 11 is 0. The van der Waals surface area contributed by atoms with E-state index in [4.69, 9.17) is 4.74 Å². The Morgan fingerprint density at radius 3 is 2.85 bits per heavy atom. The average molecular weight is 356 g/mol. The highest BCUT2D eigenvalue weighted by atomic mass is 16.5. The number of aromatic nitrogens is 2. The van der Waals surface area contributed by atoms with E-state index in [1.807, 2.05) is 62.3 Å². The first kappa shape index (κ1) is 19.8. The van der Waals surface area contributed by atoms with Crippen LogP contribution >= 0.6 is 0 Å². The van der Waals surface area contributed by atoms with Crippen molar-refractivity contribution in [2.75, 3.05) is 6.61 Å². The maximum atomic E-state index is 12.2. The summed E-state index contributed by atoms with van der Waals surface area (Å²) in [5, 5.41) is 2.95. The third-order valence-electron chi connectivity index (χ3n) is 4.30. The molecule has 2 aromatic rings. The number of amides is 1. The van der Waals surface area contributed by atoms with Crippen LogP contribution < -0.4 is 9.88 Å². The second kappa shape index (κ2) is 8.70. The van der Waals surface area contributed by atoms with Gasteiger partial charge in [0, 0.05) is 0 Å². The maximum Gasteiger partial charge on any atom is 0.407 e. The Labute approximate surface area is 156 Å². The van der Waals surface area contributed by atoms with E-state index in [1.54, 1.807) is 0 Å². The molecule has 26 heavy (non-hydrogen) atoms. The molecule has 0 bridgehead atoms. The molecule has 140 valence electrons. The van der Waals surface area contributed by atoms with Crippen molar-refractivity contribution in [2.45, 2.75) is 52.7 Å². The first-order chi connectivity index (χ1) is 12.3. The Bertz CT molecular complexity index is 762. The Morgan fingerprint density at radius 2 is 2.15 bits per heavy atom. The number of benzene rings is 1. The quantitative estimate of drug-likeness (QED) is 0.730. The number of hydrogen-bond acceptors (Lipinski definition) is 2. The zero-order chi connectivity index (χ0) is 19.2. The average Bonchev–Trinajstić information content (AvgIpc) is 3.02. The highest BCUT2D eigenvalue weighted by Gasteiger charge is 2.24. The van der Waals surface area contributed by atoms with Gasteiger partial charge in [0.1, 0.15) is 25.5 Å². The number of carbonyl (C=O) groups is 1. The molecule has 1 aromatic heterocycles. The number of allylic oxidation sites excluding steroid dienone is 1. The van der Waals surface area contributed by atoms with Crippen molar-refractivity contribution in [3.63, 3.8) is 0 Å². The van der Waals surface area contributed by atoms with E-state index in [1.165, 1.54) is 0 Å². The van der Waals surface area contributed by atoms with E-state index in [9.17, 15) is 4.79 Å². The smallest absolute Gasteiger partial charge is 0.407 e. The van der Waals surface area contributed by atoms with E-state index >= 15 is 0 Å². The van der Waals surface area contributed by atoms with Crippen LogP contribution in [0.5, 0.6) is 0 Å². The predicted molar refractivity (Wildman–Crippen MR) is 104 cm³/mol. The number of carbonyl (C=O) groups excluding carboxylic acids is 1. The molecule has 1 amide bonds. The molecule has 5 nitrogen and oxygen atoms in total. The van der Waals surface area contributed by atoms with Gasteiger partial charge in [0.05, 0.1) is 12.1 Å². The van der Waals surface area contributed by atoms with E-state index in [0.717, 1.165) is 29.7 Å². The minimum absolute atomic E-state index is 0.328. The zero-order valence-corrected chi connectivity index (χ0v) is 16.3. The molecule has 1 heterocycles. The molecule has 0 aliphatic carbocycles. The molecule has 0 spiro atoms. The van der Waals surface area contributed by atoms with Gasteiger partial charge in [-0.3, -0.25) is 0 Å². The highest BCUT2D eigenvalue weighted by molar-refractivity contribution is 5.69. The number of alkyl carbamates (subject to hydrolysis) is 1. The number of ether oxygens (including phenoxy) is 1. The standard InChI is InChI=1S/C21H29N3O2/c1-6-10-23-11-12-24(16-23)13-14-26-20(25)22-21(4,5)19-9-7-8-18(15-19)17(2)3/h7-9,11-12,15-16H,2,6,10,13-14H2,1,3-5H3/p+1. The molecular formula is C21H30N3O2+. The second-order valence-electron chi connectivity index (χ2n) is 7.14. The molecule has 0 saturated carbocycles. The molecule has 1 aromatic carbocycles. The molecule has 0 aliphatic rings. The lowest BCUT2D eigenvalue weighted by Gasteiger charge is -2.27. The highest BCUT2D eigenvalue weighted by Crippen LogP contribution is 2.23. The predicted octanol–water partition coefficient (Wildman–Crippen LogP) is 3.88. The van der Waals surface area contributed by atoms with Crippen LogP contribution in [0.1, 0.15) is 45.2 Å². The fraction of sp³-hybridized carbons (Fsp3) is 0.429. The third-order valence-corrected chi connectivity index (χ3v) is 4.30. The van der Waals surface area contributed by atoms with Crippen molar-refractivity contribution in [2.24, 2.45) is 0 Å². The van der Waals surface area contributed by atoms with Crippen LogP contribution in [0.2, 0.25) is 0 Å². The van der Waals surface area contributed by atoms with E-state index in [2.05, 4.69) is 29.5 Å². The molecule has 1 N–H and O–H groups in total. The first-order valence-electron chi connectivity index (χ1n) is 9.08. The monoisotopic (exact) mass is 356 g/mol. The van der Waals surface area contributed by atoms with Crippen molar-refractivity contribution in [1.29, 1.82) is 0 Å². The molecule has 0 saturated heterocycles. The van der Waals surface area contributed by atoms with Crippen LogP contribution in [0.3, 0.4) is 0 Å².